The number of aryl methyl sites for hydroxylation is 1. The Morgan fingerprint density at radius 2 is 2.10 bits per heavy atom. The van der Waals surface area contributed by atoms with Gasteiger partial charge in [0.2, 0.25) is 5.91 Å². The van der Waals surface area contributed by atoms with E-state index in [9.17, 15) is 4.79 Å². The van der Waals surface area contributed by atoms with Crippen LogP contribution in [-0.2, 0) is 20.7 Å². The maximum absolute atomic E-state index is 12.1. The van der Waals surface area contributed by atoms with Crippen molar-refractivity contribution >= 4 is 5.91 Å². The smallest absolute Gasteiger partial charge is 0.238 e. The van der Waals surface area contributed by atoms with Crippen molar-refractivity contribution in [2.75, 3.05) is 32.9 Å². The van der Waals surface area contributed by atoms with Gasteiger partial charge in [0.05, 0.1) is 39.0 Å². The molecule has 2 fully saturated rings. The van der Waals surface area contributed by atoms with Crippen LogP contribution in [0.5, 0.6) is 0 Å². The average molecular weight is 290 g/mol. The molecule has 21 heavy (non-hydrogen) atoms. The molecule has 1 N–H and O–H groups in total. The summed E-state index contributed by atoms with van der Waals surface area (Å²) >= 11 is 0. The molecule has 3 rings (SSSR count). The summed E-state index contributed by atoms with van der Waals surface area (Å²) in [5.74, 6) is 0.119. The topological polar surface area (TPSA) is 50.8 Å². The fourth-order valence-electron chi connectivity index (χ4n) is 2.84. The van der Waals surface area contributed by atoms with Crippen LogP contribution in [-0.4, -0.2) is 49.8 Å². The Labute approximate surface area is 125 Å². The lowest BCUT2D eigenvalue weighted by Gasteiger charge is -2.31. The summed E-state index contributed by atoms with van der Waals surface area (Å²) in [5.41, 5.74) is 2.42. The van der Waals surface area contributed by atoms with Crippen LogP contribution in [0.4, 0.5) is 0 Å². The molecule has 0 saturated carbocycles. The number of ether oxygens (including phenoxy) is 2. The molecule has 0 aromatic heterocycles. The summed E-state index contributed by atoms with van der Waals surface area (Å²) in [4.78, 5) is 14.0. The average Bonchev–Trinajstić information content (AvgIpc) is 2.90. The molecule has 2 aliphatic heterocycles. The minimum Gasteiger partial charge on any atom is -0.376 e. The predicted molar refractivity (Wildman–Crippen MR) is 78.8 cm³/mol. The molecule has 0 bridgehead atoms. The molecule has 5 heteroatoms. The predicted octanol–water partition coefficient (Wildman–Crippen LogP) is 1.09. The van der Waals surface area contributed by atoms with Gasteiger partial charge in [-0.15, -0.1) is 0 Å². The van der Waals surface area contributed by atoms with E-state index < -0.39 is 0 Å². The Hall–Kier alpha value is -1.43. The van der Waals surface area contributed by atoms with E-state index in [4.69, 9.17) is 9.47 Å². The number of nitrogens with one attached hydrogen (secondary N) is 1. The molecular weight excluding hydrogens is 268 g/mol. The molecular formula is C16H22N2O3. The second-order valence-electron chi connectivity index (χ2n) is 5.49. The molecule has 2 aliphatic rings. The van der Waals surface area contributed by atoms with Gasteiger partial charge in [-0.25, -0.2) is 0 Å². The fraction of sp³-hybridized carbons (Fsp3) is 0.562. The zero-order chi connectivity index (χ0) is 14.7. The van der Waals surface area contributed by atoms with Crippen molar-refractivity contribution in [3.63, 3.8) is 0 Å². The molecule has 2 saturated heterocycles. The molecule has 0 radical (unpaired) electrons. The van der Waals surface area contributed by atoms with E-state index in [1.165, 1.54) is 5.56 Å². The number of carbonyl (C=O) groups is 1. The minimum absolute atomic E-state index is 0.0278. The van der Waals surface area contributed by atoms with E-state index in [0.29, 0.717) is 32.9 Å². The summed E-state index contributed by atoms with van der Waals surface area (Å²) in [7, 11) is 0. The summed E-state index contributed by atoms with van der Waals surface area (Å²) in [6, 6.07) is 8.44. The lowest BCUT2D eigenvalue weighted by atomic mass is 10.1. The van der Waals surface area contributed by atoms with E-state index in [1.807, 2.05) is 4.90 Å². The monoisotopic (exact) mass is 290 g/mol. The third kappa shape index (κ3) is 3.26. The van der Waals surface area contributed by atoms with Crippen LogP contribution >= 0.6 is 0 Å². The number of nitrogens with zero attached hydrogens (tertiary/aromatic N) is 1. The van der Waals surface area contributed by atoms with Gasteiger partial charge in [-0.3, -0.25) is 10.1 Å². The van der Waals surface area contributed by atoms with Crippen LogP contribution in [0.1, 0.15) is 24.2 Å². The first-order valence-electron chi connectivity index (χ1n) is 7.59. The quantitative estimate of drug-likeness (QED) is 0.902. The number of carbonyl (C=O) groups excluding carboxylic acids is 1. The van der Waals surface area contributed by atoms with Gasteiger partial charge in [0.25, 0.3) is 0 Å². The summed E-state index contributed by atoms with van der Waals surface area (Å²) in [5, 5.41) is 3.28. The third-order valence-electron chi connectivity index (χ3n) is 4.07. The zero-order valence-corrected chi connectivity index (χ0v) is 12.4. The second-order valence-corrected chi connectivity index (χ2v) is 5.49. The summed E-state index contributed by atoms with van der Waals surface area (Å²) in [6.07, 6.45) is 0.933. The maximum Gasteiger partial charge on any atom is 0.238 e. The number of amides is 1. The Balaban J connectivity index is 1.71. The van der Waals surface area contributed by atoms with E-state index >= 15 is 0 Å². The molecule has 114 valence electrons. The lowest BCUT2D eigenvalue weighted by Crippen LogP contribution is -2.42. The van der Waals surface area contributed by atoms with Gasteiger partial charge in [0.15, 0.2) is 0 Å². The second kappa shape index (κ2) is 6.56. The van der Waals surface area contributed by atoms with E-state index in [2.05, 4.69) is 36.5 Å². The highest BCUT2D eigenvalue weighted by Gasteiger charge is 2.33. The Morgan fingerprint density at radius 1 is 1.29 bits per heavy atom. The van der Waals surface area contributed by atoms with Gasteiger partial charge in [-0.1, -0.05) is 31.2 Å². The highest BCUT2D eigenvalue weighted by molar-refractivity contribution is 5.81. The van der Waals surface area contributed by atoms with Crippen molar-refractivity contribution in [2.24, 2.45) is 0 Å². The highest BCUT2D eigenvalue weighted by Crippen LogP contribution is 2.24. The first-order valence-corrected chi connectivity index (χ1v) is 7.59. The Morgan fingerprint density at radius 3 is 2.76 bits per heavy atom. The summed E-state index contributed by atoms with van der Waals surface area (Å²) in [6.45, 7) is 4.91. The normalized spacial score (nSPS) is 26.3. The largest absolute Gasteiger partial charge is 0.376 e. The lowest BCUT2D eigenvalue weighted by molar-refractivity contribution is -0.135. The van der Waals surface area contributed by atoms with Crippen LogP contribution in [0, 0.1) is 0 Å². The number of benzene rings is 1. The maximum atomic E-state index is 12.1. The molecule has 0 spiro atoms. The fourth-order valence-corrected chi connectivity index (χ4v) is 2.84. The molecule has 1 aromatic rings. The number of rotatable bonds is 4. The Bertz CT molecular complexity index is 483. The van der Waals surface area contributed by atoms with Crippen molar-refractivity contribution < 1.29 is 14.3 Å². The van der Waals surface area contributed by atoms with Gasteiger partial charge in [0.1, 0.15) is 6.17 Å². The van der Waals surface area contributed by atoms with Gasteiger partial charge in [0, 0.05) is 0 Å². The first kappa shape index (κ1) is 14.5. The number of hydrogen-bond donors (Lipinski definition) is 1. The van der Waals surface area contributed by atoms with Gasteiger partial charge < -0.3 is 14.4 Å². The molecule has 2 heterocycles. The molecule has 2 atom stereocenters. The van der Waals surface area contributed by atoms with E-state index in [-0.39, 0.29) is 18.2 Å². The molecule has 1 amide bonds. The molecule has 5 nitrogen and oxygen atoms in total. The van der Waals surface area contributed by atoms with Gasteiger partial charge in [-0.05, 0) is 17.5 Å². The van der Waals surface area contributed by atoms with Gasteiger partial charge in [-0.2, -0.15) is 0 Å². The minimum atomic E-state index is -0.0612. The standard InChI is InChI=1S/C16H22N2O3/c1-2-12-3-5-13(6-4-12)16-17-9-15(19)18(16)10-14-11-20-7-8-21-14/h3-6,14,16-17H,2,7-11H2,1H3. The zero-order valence-electron chi connectivity index (χ0n) is 12.4. The first-order chi connectivity index (χ1) is 10.3. The van der Waals surface area contributed by atoms with Gasteiger partial charge >= 0.3 is 0 Å². The van der Waals surface area contributed by atoms with Crippen LogP contribution < -0.4 is 5.32 Å². The van der Waals surface area contributed by atoms with E-state index in [0.717, 1.165) is 12.0 Å². The molecule has 1 aromatic carbocycles. The van der Waals surface area contributed by atoms with Crippen molar-refractivity contribution in [3.05, 3.63) is 35.4 Å². The van der Waals surface area contributed by atoms with Crippen LogP contribution in [0.2, 0.25) is 0 Å². The Kier molecular flexibility index (Phi) is 4.53. The highest BCUT2D eigenvalue weighted by atomic mass is 16.6. The molecule has 0 aliphatic carbocycles. The number of hydrogen-bond acceptors (Lipinski definition) is 4. The summed E-state index contributed by atoms with van der Waals surface area (Å²) < 4.78 is 11.1. The van der Waals surface area contributed by atoms with Crippen LogP contribution in [0.25, 0.3) is 0 Å². The van der Waals surface area contributed by atoms with Crippen LogP contribution in [0.15, 0.2) is 24.3 Å². The third-order valence-corrected chi connectivity index (χ3v) is 4.07. The van der Waals surface area contributed by atoms with Crippen molar-refractivity contribution in [1.82, 2.24) is 10.2 Å². The van der Waals surface area contributed by atoms with E-state index in [1.54, 1.807) is 0 Å². The van der Waals surface area contributed by atoms with Crippen molar-refractivity contribution in [2.45, 2.75) is 25.6 Å². The SMILES string of the molecule is CCc1ccc(C2NCC(=O)N2CC2COCCO2)cc1. The molecule has 2 unspecified atom stereocenters. The van der Waals surface area contributed by atoms with Crippen molar-refractivity contribution in [3.8, 4) is 0 Å². The van der Waals surface area contributed by atoms with Crippen LogP contribution in [0.3, 0.4) is 0 Å². The van der Waals surface area contributed by atoms with Crippen molar-refractivity contribution in [1.29, 1.82) is 0 Å².